The third kappa shape index (κ3) is 2.83. The molecule has 2 unspecified atom stereocenters. The van der Waals surface area contributed by atoms with Crippen molar-refractivity contribution < 1.29 is 19.0 Å². The van der Waals surface area contributed by atoms with Crippen molar-refractivity contribution in [3.05, 3.63) is 29.8 Å². The van der Waals surface area contributed by atoms with Gasteiger partial charge in [-0.25, -0.2) is 0 Å². The van der Waals surface area contributed by atoms with Crippen molar-refractivity contribution in [1.82, 2.24) is 5.32 Å². The van der Waals surface area contributed by atoms with E-state index >= 15 is 0 Å². The standard InChI is InChI=1S/C17H23NO4/c1-20-13-5-3-12(4-6-13)17(8-9-17)16(19)18-14-7-10-22-11-15(14)21-2/h3-6,14-15H,7-11H2,1-2H3,(H,18,19). The van der Waals surface area contributed by atoms with Crippen molar-refractivity contribution in [2.24, 2.45) is 0 Å². The molecule has 1 N–H and O–H groups in total. The number of methoxy groups -OCH3 is 2. The average molecular weight is 305 g/mol. The summed E-state index contributed by atoms with van der Waals surface area (Å²) in [6, 6.07) is 7.83. The Hall–Kier alpha value is -1.59. The summed E-state index contributed by atoms with van der Waals surface area (Å²) in [5, 5.41) is 3.17. The van der Waals surface area contributed by atoms with E-state index in [1.807, 2.05) is 24.3 Å². The van der Waals surface area contributed by atoms with Gasteiger partial charge < -0.3 is 19.5 Å². The molecule has 1 aromatic carbocycles. The van der Waals surface area contributed by atoms with Gasteiger partial charge in [0.1, 0.15) is 11.9 Å². The molecule has 2 aliphatic rings. The number of amides is 1. The van der Waals surface area contributed by atoms with Crippen LogP contribution in [0.4, 0.5) is 0 Å². The Labute approximate surface area is 130 Å². The van der Waals surface area contributed by atoms with Crippen LogP contribution in [0.2, 0.25) is 0 Å². The van der Waals surface area contributed by atoms with Crippen molar-refractivity contribution in [1.29, 1.82) is 0 Å². The highest BCUT2D eigenvalue weighted by Crippen LogP contribution is 2.48. The first-order chi connectivity index (χ1) is 10.7. The third-order valence-corrected chi connectivity index (χ3v) is 4.75. The highest BCUT2D eigenvalue weighted by atomic mass is 16.5. The maximum atomic E-state index is 12.8. The van der Waals surface area contributed by atoms with Gasteiger partial charge >= 0.3 is 0 Å². The number of hydrogen-bond donors (Lipinski definition) is 1. The summed E-state index contributed by atoms with van der Waals surface area (Å²) in [4.78, 5) is 12.8. The smallest absolute Gasteiger partial charge is 0.230 e. The molecule has 1 aliphatic carbocycles. The topological polar surface area (TPSA) is 56.8 Å². The van der Waals surface area contributed by atoms with E-state index in [2.05, 4.69) is 5.32 Å². The van der Waals surface area contributed by atoms with Crippen LogP contribution in [0.15, 0.2) is 24.3 Å². The van der Waals surface area contributed by atoms with Crippen LogP contribution in [0, 0.1) is 0 Å². The Morgan fingerprint density at radius 1 is 1.27 bits per heavy atom. The molecule has 1 aromatic rings. The molecule has 0 spiro atoms. The summed E-state index contributed by atoms with van der Waals surface area (Å²) in [6.45, 7) is 1.21. The van der Waals surface area contributed by atoms with E-state index in [4.69, 9.17) is 14.2 Å². The van der Waals surface area contributed by atoms with E-state index in [1.54, 1.807) is 14.2 Å². The van der Waals surface area contributed by atoms with E-state index in [1.165, 1.54) is 0 Å². The Morgan fingerprint density at radius 3 is 2.59 bits per heavy atom. The minimum absolute atomic E-state index is 0.0296. The van der Waals surface area contributed by atoms with Gasteiger partial charge in [-0.15, -0.1) is 0 Å². The van der Waals surface area contributed by atoms with Crippen molar-refractivity contribution in [3.63, 3.8) is 0 Å². The van der Waals surface area contributed by atoms with Crippen LogP contribution in [0.1, 0.15) is 24.8 Å². The normalized spacial score (nSPS) is 26.3. The van der Waals surface area contributed by atoms with Crippen molar-refractivity contribution in [2.75, 3.05) is 27.4 Å². The minimum atomic E-state index is -0.372. The highest BCUT2D eigenvalue weighted by Gasteiger charge is 2.52. The first kappa shape index (κ1) is 15.3. The molecule has 5 heteroatoms. The van der Waals surface area contributed by atoms with E-state index in [-0.39, 0.29) is 23.5 Å². The Balaban J connectivity index is 1.70. The minimum Gasteiger partial charge on any atom is -0.497 e. The van der Waals surface area contributed by atoms with Gasteiger partial charge in [-0.1, -0.05) is 12.1 Å². The lowest BCUT2D eigenvalue weighted by Crippen LogP contribution is -2.52. The van der Waals surface area contributed by atoms with Crippen LogP contribution in [0.25, 0.3) is 0 Å². The predicted molar refractivity (Wildman–Crippen MR) is 82.1 cm³/mol. The van der Waals surface area contributed by atoms with E-state index in [0.717, 1.165) is 30.6 Å². The van der Waals surface area contributed by atoms with Crippen molar-refractivity contribution in [3.8, 4) is 5.75 Å². The number of nitrogens with one attached hydrogen (secondary N) is 1. The van der Waals surface area contributed by atoms with Crippen LogP contribution in [-0.2, 0) is 19.7 Å². The van der Waals surface area contributed by atoms with Crippen molar-refractivity contribution >= 4 is 5.91 Å². The molecule has 2 fully saturated rings. The van der Waals surface area contributed by atoms with Gasteiger partial charge in [0.2, 0.25) is 5.91 Å². The Bertz CT molecular complexity index is 524. The fourth-order valence-electron chi connectivity index (χ4n) is 3.10. The second kappa shape index (κ2) is 6.26. The van der Waals surface area contributed by atoms with Crippen LogP contribution >= 0.6 is 0 Å². The monoisotopic (exact) mass is 305 g/mol. The lowest BCUT2D eigenvalue weighted by Gasteiger charge is -2.32. The number of rotatable bonds is 5. The van der Waals surface area contributed by atoms with Gasteiger partial charge in [-0.2, -0.15) is 0 Å². The van der Waals surface area contributed by atoms with Crippen LogP contribution in [0.3, 0.4) is 0 Å². The molecule has 0 bridgehead atoms. The SMILES string of the molecule is COc1ccc(C2(C(=O)NC3CCOCC3OC)CC2)cc1. The molecule has 120 valence electrons. The third-order valence-electron chi connectivity index (χ3n) is 4.75. The van der Waals surface area contributed by atoms with Crippen LogP contribution in [-0.4, -0.2) is 45.5 Å². The highest BCUT2D eigenvalue weighted by molar-refractivity contribution is 5.91. The average Bonchev–Trinajstić information content (AvgIpc) is 3.37. The van der Waals surface area contributed by atoms with Gasteiger partial charge in [-0.3, -0.25) is 4.79 Å². The molecule has 1 aliphatic heterocycles. The molecule has 5 nitrogen and oxygen atoms in total. The summed E-state index contributed by atoms with van der Waals surface area (Å²) in [6.07, 6.45) is 2.52. The zero-order valence-corrected chi connectivity index (χ0v) is 13.1. The van der Waals surface area contributed by atoms with E-state index in [0.29, 0.717) is 13.2 Å². The number of ether oxygens (including phenoxy) is 3. The predicted octanol–water partition coefficient (Wildman–Crippen LogP) is 1.65. The zero-order chi connectivity index (χ0) is 15.6. The fourth-order valence-corrected chi connectivity index (χ4v) is 3.10. The first-order valence-electron chi connectivity index (χ1n) is 7.75. The fraction of sp³-hybridized carbons (Fsp3) is 0.588. The summed E-state index contributed by atoms with van der Waals surface area (Å²) in [5.74, 6) is 0.912. The van der Waals surface area contributed by atoms with Crippen molar-refractivity contribution in [2.45, 2.75) is 36.8 Å². The van der Waals surface area contributed by atoms with Crippen LogP contribution in [0.5, 0.6) is 5.75 Å². The zero-order valence-electron chi connectivity index (χ0n) is 13.1. The summed E-state index contributed by atoms with van der Waals surface area (Å²) in [5.41, 5.74) is 0.690. The maximum Gasteiger partial charge on any atom is 0.230 e. The summed E-state index contributed by atoms with van der Waals surface area (Å²) < 4.78 is 16.0. The largest absolute Gasteiger partial charge is 0.497 e. The maximum absolute atomic E-state index is 12.8. The van der Waals surface area contributed by atoms with E-state index in [9.17, 15) is 4.79 Å². The van der Waals surface area contributed by atoms with Gasteiger partial charge in [0, 0.05) is 13.7 Å². The summed E-state index contributed by atoms with van der Waals surface area (Å²) >= 11 is 0. The first-order valence-corrected chi connectivity index (χ1v) is 7.75. The van der Waals surface area contributed by atoms with Gasteiger partial charge in [0.25, 0.3) is 0 Å². The van der Waals surface area contributed by atoms with Gasteiger partial charge in [0.05, 0.1) is 25.2 Å². The molecule has 0 radical (unpaired) electrons. The lowest BCUT2D eigenvalue weighted by molar-refractivity contribution is -0.127. The Morgan fingerprint density at radius 2 is 2.00 bits per heavy atom. The number of carbonyl (C=O) groups excluding carboxylic acids is 1. The molecule has 22 heavy (non-hydrogen) atoms. The second-order valence-electron chi connectivity index (χ2n) is 6.03. The Kier molecular flexibility index (Phi) is 4.36. The van der Waals surface area contributed by atoms with Crippen LogP contribution < -0.4 is 10.1 Å². The lowest BCUT2D eigenvalue weighted by atomic mass is 9.93. The molecular formula is C17H23NO4. The molecule has 0 aromatic heterocycles. The molecule has 1 saturated heterocycles. The number of hydrogen-bond acceptors (Lipinski definition) is 4. The van der Waals surface area contributed by atoms with Gasteiger partial charge in [-0.05, 0) is 37.0 Å². The molecular weight excluding hydrogens is 282 g/mol. The van der Waals surface area contributed by atoms with Gasteiger partial charge in [0.15, 0.2) is 0 Å². The molecule has 1 heterocycles. The molecule has 2 atom stereocenters. The number of carbonyl (C=O) groups is 1. The molecule has 1 saturated carbocycles. The van der Waals surface area contributed by atoms with E-state index < -0.39 is 0 Å². The molecule has 1 amide bonds. The molecule has 3 rings (SSSR count). The second-order valence-corrected chi connectivity index (χ2v) is 6.03. The number of benzene rings is 1. The quantitative estimate of drug-likeness (QED) is 0.898. The summed E-state index contributed by atoms with van der Waals surface area (Å²) in [7, 11) is 3.31.